The van der Waals surface area contributed by atoms with Gasteiger partial charge in [0.25, 0.3) is 0 Å². The number of ether oxygens (including phenoxy) is 2. The van der Waals surface area contributed by atoms with Gasteiger partial charge in [-0.2, -0.15) is 17.6 Å². The van der Waals surface area contributed by atoms with Gasteiger partial charge in [-0.25, -0.2) is 22.0 Å². The third-order valence-corrected chi connectivity index (χ3v) is 4.62. The van der Waals surface area contributed by atoms with E-state index in [1.54, 1.807) is 6.92 Å². The van der Waals surface area contributed by atoms with Crippen molar-refractivity contribution in [3.05, 3.63) is 76.6 Å². The Kier molecular flexibility index (Phi) is 6.89. The lowest BCUT2D eigenvalue weighted by Gasteiger charge is -2.21. The van der Waals surface area contributed by atoms with Crippen LogP contribution in [0.2, 0.25) is 0 Å². The molecule has 1 N–H and O–H groups in total. The number of aromatic hydroxyl groups is 1. The third-order valence-electron chi connectivity index (χ3n) is 4.62. The zero-order chi connectivity index (χ0) is 25.4. The SMILES string of the molecule is CCc1ccc(-c2c(O)cc(F)c(C(F)(F)Oc3cc(F)c(OC(F)F)c(F)c3)c2F)c(F)c1. The van der Waals surface area contributed by atoms with E-state index in [1.165, 1.54) is 6.07 Å². The highest BCUT2D eigenvalue weighted by Crippen LogP contribution is 2.43. The summed E-state index contributed by atoms with van der Waals surface area (Å²) in [4.78, 5) is 0. The van der Waals surface area contributed by atoms with Crippen molar-refractivity contribution in [2.45, 2.75) is 26.1 Å². The van der Waals surface area contributed by atoms with Crippen molar-refractivity contribution in [3.63, 3.8) is 0 Å². The smallest absolute Gasteiger partial charge is 0.432 e. The lowest BCUT2D eigenvalue weighted by Crippen LogP contribution is -2.26. The fourth-order valence-electron chi connectivity index (χ4n) is 3.11. The number of aryl methyl sites for hydroxylation is 1. The zero-order valence-corrected chi connectivity index (χ0v) is 16.9. The molecular formula is C22H13F9O3. The zero-order valence-electron chi connectivity index (χ0n) is 16.9. The Hall–Kier alpha value is -3.57. The van der Waals surface area contributed by atoms with Gasteiger partial charge in [0.05, 0.1) is 5.56 Å². The van der Waals surface area contributed by atoms with Crippen LogP contribution >= 0.6 is 0 Å². The second-order valence-corrected chi connectivity index (χ2v) is 6.82. The lowest BCUT2D eigenvalue weighted by molar-refractivity contribution is -0.189. The molecule has 0 amide bonds. The van der Waals surface area contributed by atoms with Crippen LogP contribution in [0.3, 0.4) is 0 Å². The second kappa shape index (κ2) is 9.35. The molecule has 0 atom stereocenters. The fraction of sp³-hybridized carbons (Fsp3) is 0.182. The van der Waals surface area contributed by atoms with Gasteiger partial charge in [-0.3, -0.25) is 0 Å². The molecule has 0 saturated heterocycles. The van der Waals surface area contributed by atoms with Gasteiger partial charge in [0.2, 0.25) is 0 Å². The Balaban J connectivity index is 2.08. The van der Waals surface area contributed by atoms with Crippen LogP contribution < -0.4 is 9.47 Å². The van der Waals surface area contributed by atoms with Gasteiger partial charge in [0.1, 0.15) is 28.7 Å². The van der Waals surface area contributed by atoms with Gasteiger partial charge >= 0.3 is 12.7 Å². The van der Waals surface area contributed by atoms with E-state index >= 15 is 4.39 Å². The molecule has 0 aliphatic heterocycles. The van der Waals surface area contributed by atoms with E-state index in [9.17, 15) is 40.2 Å². The highest BCUT2D eigenvalue weighted by Gasteiger charge is 2.43. The Morgan fingerprint density at radius 3 is 2.03 bits per heavy atom. The molecule has 0 unspecified atom stereocenters. The highest BCUT2D eigenvalue weighted by atomic mass is 19.3. The molecule has 0 heterocycles. The lowest BCUT2D eigenvalue weighted by atomic mass is 9.97. The van der Waals surface area contributed by atoms with E-state index in [2.05, 4.69) is 9.47 Å². The number of benzene rings is 3. The summed E-state index contributed by atoms with van der Waals surface area (Å²) in [5.41, 5.74) is -3.43. The van der Waals surface area contributed by atoms with Crippen molar-refractivity contribution in [1.82, 2.24) is 0 Å². The number of hydrogen-bond donors (Lipinski definition) is 1. The van der Waals surface area contributed by atoms with Crippen LogP contribution in [0.15, 0.2) is 36.4 Å². The topological polar surface area (TPSA) is 38.7 Å². The van der Waals surface area contributed by atoms with Crippen LogP contribution in [0.5, 0.6) is 17.2 Å². The fourth-order valence-corrected chi connectivity index (χ4v) is 3.11. The maximum atomic E-state index is 15.0. The van der Waals surface area contributed by atoms with Gasteiger partial charge in [-0.15, -0.1) is 0 Å². The number of hydrogen-bond acceptors (Lipinski definition) is 3. The molecule has 0 spiro atoms. The van der Waals surface area contributed by atoms with Crippen LogP contribution in [0.1, 0.15) is 18.1 Å². The normalized spacial score (nSPS) is 11.7. The van der Waals surface area contributed by atoms with Crippen molar-refractivity contribution >= 4 is 0 Å². The molecule has 3 aromatic carbocycles. The molecule has 0 aromatic heterocycles. The van der Waals surface area contributed by atoms with Crippen LogP contribution in [0.4, 0.5) is 39.5 Å². The van der Waals surface area contributed by atoms with Gasteiger partial charge in [-0.1, -0.05) is 19.1 Å². The molecule has 0 radical (unpaired) electrons. The van der Waals surface area contributed by atoms with Crippen molar-refractivity contribution in [3.8, 4) is 28.4 Å². The summed E-state index contributed by atoms with van der Waals surface area (Å²) in [6.07, 6.45) is -4.58. The van der Waals surface area contributed by atoms with Crippen molar-refractivity contribution < 1.29 is 54.1 Å². The molecule has 0 bridgehead atoms. The predicted molar refractivity (Wildman–Crippen MR) is 100 cm³/mol. The molecule has 3 nitrogen and oxygen atoms in total. The first-order valence-corrected chi connectivity index (χ1v) is 9.36. The molecule has 0 fully saturated rings. The van der Waals surface area contributed by atoms with Crippen molar-refractivity contribution in [2.24, 2.45) is 0 Å². The van der Waals surface area contributed by atoms with E-state index < -0.39 is 75.7 Å². The molecule has 0 aliphatic carbocycles. The monoisotopic (exact) mass is 496 g/mol. The van der Waals surface area contributed by atoms with Crippen molar-refractivity contribution in [2.75, 3.05) is 0 Å². The van der Waals surface area contributed by atoms with Gasteiger partial charge in [-0.05, 0) is 18.1 Å². The summed E-state index contributed by atoms with van der Waals surface area (Å²) in [6.45, 7) is -1.96. The summed E-state index contributed by atoms with van der Waals surface area (Å²) in [5.74, 6) is -13.1. The number of rotatable bonds is 7. The largest absolute Gasteiger partial charge is 0.507 e. The summed E-state index contributed by atoms with van der Waals surface area (Å²) in [5, 5.41) is 9.93. The number of phenolic OH excluding ortho intramolecular Hbond substituents is 1. The van der Waals surface area contributed by atoms with Crippen LogP contribution in [0.25, 0.3) is 11.1 Å². The standard InChI is InChI=1S/C22H13F9O3/c1-2-9-3-4-11(12(23)5-9)17-16(32)8-13(24)18(19(17)27)22(30,31)34-10-6-14(25)20(15(26)7-10)33-21(28)29/h3-8,21,32H,2H2,1H3. The molecule has 3 aromatic rings. The highest BCUT2D eigenvalue weighted by molar-refractivity contribution is 5.73. The number of phenols is 1. The minimum atomic E-state index is -4.96. The van der Waals surface area contributed by atoms with Crippen LogP contribution in [-0.4, -0.2) is 11.7 Å². The quantitative estimate of drug-likeness (QED) is 0.357. The molecule has 3 rings (SSSR count). The third kappa shape index (κ3) is 4.85. The van der Waals surface area contributed by atoms with E-state index in [1.807, 2.05) is 0 Å². The average Bonchev–Trinajstić information content (AvgIpc) is 2.70. The minimum absolute atomic E-state index is 0.0228. The molecule has 0 saturated carbocycles. The summed E-state index contributed by atoms with van der Waals surface area (Å²) >= 11 is 0. The predicted octanol–water partition coefficient (Wildman–Crippen LogP) is 7.05. The Morgan fingerprint density at radius 2 is 1.50 bits per heavy atom. The maximum Gasteiger partial charge on any atom is 0.432 e. The van der Waals surface area contributed by atoms with Gasteiger partial charge in [0, 0.05) is 23.8 Å². The van der Waals surface area contributed by atoms with Gasteiger partial charge < -0.3 is 14.6 Å². The van der Waals surface area contributed by atoms with Crippen LogP contribution in [0, 0.1) is 29.1 Å². The Morgan fingerprint density at radius 1 is 0.882 bits per heavy atom. The first kappa shape index (κ1) is 25.1. The first-order chi connectivity index (χ1) is 15.9. The van der Waals surface area contributed by atoms with E-state index in [0.29, 0.717) is 12.0 Å². The van der Waals surface area contributed by atoms with Crippen molar-refractivity contribution in [1.29, 1.82) is 0 Å². The van der Waals surface area contributed by atoms with Crippen LogP contribution in [-0.2, 0) is 12.5 Å². The summed E-state index contributed by atoms with van der Waals surface area (Å²) in [6, 6.07) is 3.40. The van der Waals surface area contributed by atoms with E-state index in [-0.39, 0.29) is 18.2 Å². The first-order valence-electron chi connectivity index (χ1n) is 9.36. The maximum absolute atomic E-state index is 15.0. The second-order valence-electron chi connectivity index (χ2n) is 6.82. The molecule has 12 heteroatoms. The van der Waals surface area contributed by atoms with Gasteiger partial charge in [0.15, 0.2) is 23.2 Å². The summed E-state index contributed by atoms with van der Waals surface area (Å²) in [7, 11) is 0. The molecule has 0 aliphatic rings. The molecule has 34 heavy (non-hydrogen) atoms. The molecular weight excluding hydrogens is 483 g/mol. The summed E-state index contributed by atoms with van der Waals surface area (Å²) < 4.78 is 133. The Labute approximate surface area is 186 Å². The molecule has 182 valence electrons. The number of halogens is 9. The number of alkyl halides is 4. The Bertz CT molecular complexity index is 1210. The van der Waals surface area contributed by atoms with E-state index in [4.69, 9.17) is 0 Å². The minimum Gasteiger partial charge on any atom is -0.507 e. The van der Waals surface area contributed by atoms with E-state index in [0.717, 1.165) is 12.1 Å². The average molecular weight is 496 g/mol.